The Bertz CT molecular complexity index is 558. The highest BCUT2D eigenvalue weighted by molar-refractivity contribution is 5.73. The van der Waals surface area contributed by atoms with E-state index in [2.05, 4.69) is 9.73 Å². The van der Waals surface area contributed by atoms with Crippen molar-refractivity contribution >= 4 is 11.7 Å². The number of rotatable bonds is 1. The summed E-state index contributed by atoms with van der Waals surface area (Å²) >= 11 is 0. The maximum Gasteiger partial charge on any atom is 0.425 e. The summed E-state index contributed by atoms with van der Waals surface area (Å²) in [5.74, 6) is -0.797. The SMILES string of the molecule is C[C@@]1(c2cccc(N)c2F)C[C@@H](C(F)(F)F)OC(N)=N1. The van der Waals surface area contributed by atoms with Crippen LogP contribution in [0.15, 0.2) is 23.2 Å². The number of alkyl halides is 3. The molecular formula is C12H13F4N3O. The Morgan fingerprint density at radius 3 is 2.60 bits per heavy atom. The predicted molar refractivity (Wildman–Crippen MR) is 65.3 cm³/mol. The van der Waals surface area contributed by atoms with Crippen LogP contribution in [0.5, 0.6) is 0 Å². The number of halogens is 4. The number of benzene rings is 1. The summed E-state index contributed by atoms with van der Waals surface area (Å²) in [5.41, 5.74) is 9.04. The van der Waals surface area contributed by atoms with E-state index < -0.39 is 36.1 Å². The standard InChI is InChI=1S/C12H13F4N3O/c1-11(6-3-2-4-7(17)9(6)13)5-8(12(14,15)16)20-10(18)19-11/h2-4,8H,5,17H2,1H3,(H2,18,19)/t8-,11-/m0/s1. The van der Waals surface area contributed by atoms with Crippen LogP contribution in [0.4, 0.5) is 23.2 Å². The summed E-state index contributed by atoms with van der Waals surface area (Å²) < 4.78 is 56.9. The van der Waals surface area contributed by atoms with Crippen LogP contribution < -0.4 is 11.5 Å². The summed E-state index contributed by atoms with van der Waals surface area (Å²) in [6, 6.07) is 3.47. The number of hydrogen-bond donors (Lipinski definition) is 2. The molecule has 0 saturated heterocycles. The third-order valence-electron chi connectivity index (χ3n) is 3.18. The van der Waals surface area contributed by atoms with Crippen molar-refractivity contribution < 1.29 is 22.3 Å². The number of aliphatic imine (C=N–C) groups is 1. The molecule has 8 heteroatoms. The van der Waals surface area contributed by atoms with Crippen LogP contribution in [0, 0.1) is 5.82 Å². The van der Waals surface area contributed by atoms with Gasteiger partial charge >= 0.3 is 6.18 Å². The Hall–Kier alpha value is -1.99. The quantitative estimate of drug-likeness (QED) is 0.616. The molecule has 0 spiro atoms. The number of ether oxygens (including phenoxy) is 1. The van der Waals surface area contributed by atoms with Gasteiger partial charge in [0.2, 0.25) is 0 Å². The molecule has 0 aromatic heterocycles. The average Bonchev–Trinajstić information content (AvgIpc) is 2.30. The van der Waals surface area contributed by atoms with E-state index in [1.165, 1.54) is 25.1 Å². The average molecular weight is 291 g/mol. The lowest BCUT2D eigenvalue weighted by molar-refractivity contribution is -0.208. The fourth-order valence-electron chi connectivity index (χ4n) is 2.18. The number of amidine groups is 1. The van der Waals surface area contributed by atoms with Gasteiger partial charge in [0.15, 0.2) is 11.9 Å². The van der Waals surface area contributed by atoms with E-state index in [9.17, 15) is 17.6 Å². The number of nitrogen functional groups attached to an aromatic ring is 1. The summed E-state index contributed by atoms with van der Waals surface area (Å²) in [5, 5.41) is 0. The van der Waals surface area contributed by atoms with E-state index in [-0.39, 0.29) is 11.3 Å². The highest BCUT2D eigenvalue weighted by Gasteiger charge is 2.50. The molecule has 2 atom stereocenters. The molecule has 0 aliphatic carbocycles. The predicted octanol–water partition coefficient (Wildman–Crippen LogP) is 2.29. The van der Waals surface area contributed by atoms with Crippen LogP contribution in [-0.2, 0) is 10.3 Å². The lowest BCUT2D eigenvalue weighted by Crippen LogP contribution is -2.46. The van der Waals surface area contributed by atoms with Gasteiger partial charge in [0, 0.05) is 12.0 Å². The van der Waals surface area contributed by atoms with Gasteiger partial charge < -0.3 is 16.2 Å². The Kier molecular flexibility index (Phi) is 3.27. The van der Waals surface area contributed by atoms with Gasteiger partial charge in [-0.05, 0) is 13.0 Å². The first-order valence-corrected chi connectivity index (χ1v) is 5.76. The topological polar surface area (TPSA) is 73.6 Å². The zero-order valence-corrected chi connectivity index (χ0v) is 10.5. The Morgan fingerprint density at radius 2 is 2.00 bits per heavy atom. The molecule has 20 heavy (non-hydrogen) atoms. The minimum Gasteiger partial charge on any atom is -0.452 e. The van der Waals surface area contributed by atoms with Gasteiger partial charge in [0.05, 0.1) is 11.2 Å². The molecule has 0 fully saturated rings. The molecule has 1 heterocycles. The molecule has 1 aliphatic heterocycles. The lowest BCUT2D eigenvalue weighted by atomic mass is 9.85. The molecule has 0 amide bonds. The van der Waals surface area contributed by atoms with E-state index >= 15 is 0 Å². The van der Waals surface area contributed by atoms with Crippen molar-refractivity contribution in [1.29, 1.82) is 0 Å². The summed E-state index contributed by atoms with van der Waals surface area (Å²) in [4.78, 5) is 3.83. The monoisotopic (exact) mass is 291 g/mol. The second kappa shape index (κ2) is 4.53. The molecule has 0 saturated carbocycles. The van der Waals surface area contributed by atoms with Crippen molar-refractivity contribution in [3.63, 3.8) is 0 Å². The Balaban J connectivity index is 2.48. The van der Waals surface area contributed by atoms with Gasteiger partial charge in [0.1, 0.15) is 0 Å². The van der Waals surface area contributed by atoms with E-state index in [4.69, 9.17) is 11.5 Å². The highest BCUT2D eigenvalue weighted by Crippen LogP contribution is 2.41. The summed E-state index contributed by atoms with van der Waals surface area (Å²) in [6.45, 7) is 1.36. The van der Waals surface area contributed by atoms with Gasteiger partial charge in [0.25, 0.3) is 6.02 Å². The molecule has 0 radical (unpaired) electrons. The molecule has 1 aromatic carbocycles. The fraction of sp³-hybridized carbons (Fsp3) is 0.417. The van der Waals surface area contributed by atoms with Crippen molar-refractivity contribution in [3.05, 3.63) is 29.6 Å². The zero-order chi connectivity index (χ0) is 15.1. The zero-order valence-electron chi connectivity index (χ0n) is 10.5. The number of nitrogens with two attached hydrogens (primary N) is 2. The van der Waals surface area contributed by atoms with E-state index in [0.717, 1.165) is 0 Å². The van der Waals surface area contributed by atoms with E-state index in [0.29, 0.717) is 0 Å². The minimum absolute atomic E-state index is 0.0435. The molecule has 2 rings (SSSR count). The van der Waals surface area contributed by atoms with Crippen LogP contribution in [-0.4, -0.2) is 18.3 Å². The molecule has 4 N–H and O–H groups in total. The Morgan fingerprint density at radius 1 is 1.35 bits per heavy atom. The van der Waals surface area contributed by atoms with Crippen molar-refractivity contribution in [2.75, 3.05) is 5.73 Å². The normalized spacial score (nSPS) is 26.9. The van der Waals surface area contributed by atoms with Crippen LogP contribution in [0.3, 0.4) is 0 Å². The molecule has 0 bridgehead atoms. The molecule has 110 valence electrons. The second-order valence-electron chi connectivity index (χ2n) is 4.78. The second-order valence-corrected chi connectivity index (χ2v) is 4.78. The number of hydrogen-bond acceptors (Lipinski definition) is 4. The number of anilines is 1. The van der Waals surface area contributed by atoms with Crippen molar-refractivity contribution in [2.45, 2.75) is 31.2 Å². The summed E-state index contributed by atoms with van der Waals surface area (Å²) in [6.07, 6.45) is -7.32. The van der Waals surface area contributed by atoms with Crippen molar-refractivity contribution in [1.82, 2.24) is 0 Å². The van der Waals surface area contributed by atoms with Gasteiger partial charge in [-0.1, -0.05) is 12.1 Å². The Labute approximate surface area is 112 Å². The highest BCUT2D eigenvalue weighted by atomic mass is 19.4. The van der Waals surface area contributed by atoms with Crippen molar-refractivity contribution in [3.8, 4) is 0 Å². The molecule has 1 aromatic rings. The smallest absolute Gasteiger partial charge is 0.425 e. The van der Waals surface area contributed by atoms with Gasteiger partial charge in [-0.2, -0.15) is 13.2 Å². The van der Waals surface area contributed by atoms with E-state index in [1.54, 1.807) is 0 Å². The molecule has 1 aliphatic rings. The first kappa shape index (κ1) is 14.4. The molecule has 0 unspecified atom stereocenters. The maximum absolute atomic E-state index is 14.0. The van der Waals surface area contributed by atoms with Crippen molar-refractivity contribution in [2.24, 2.45) is 10.7 Å². The largest absolute Gasteiger partial charge is 0.452 e. The summed E-state index contributed by atoms with van der Waals surface area (Å²) in [7, 11) is 0. The van der Waals surface area contributed by atoms with Crippen LogP contribution in [0.2, 0.25) is 0 Å². The third-order valence-corrected chi connectivity index (χ3v) is 3.18. The van der Waals surface area contributed by atoms with E-state index in [1.807, 2.05) is 0 Å². The van der Waals surface area contributed by atoms with Crippen LogP contribution in [0.1, 0.15) is 18.9 Å². The van der Waals surface area contributed by atoms with Crippen LogP contribution >= 0.6 is 0 Å². The third kappa shape index (κ3) is 2.50. The van der Waals surface area contributed by atoms with Gasteiger partial charge in [-0.25, -0.2) is 9.38 Å². The lowest BCUT2D eigenvalue weighted by Gasteiger charge is -2.35. The first-order chi connectivity index (χ1) is 9.13. The van der Waals surface area contributed by atoms with Gasteiger partial charge in [-0.3, -0.25) is 0 Å². The maximum atomic E-state index is 14.0. The van der Waals surface area contributed by atoms with Gasteiger partial charge in [-0.15, -0.1) is 0 Å². The molecular weight excluding hydrogens is 278 g/mol. The number of nitrogens with zero attached hydrogens (tertiary/aromatic N) is 1. The molecule has 4 nitrogen and oxygen atoms in total. The fourth-order valence-corrected chi connectivity index (χ4v) is 2.18. The minimum atomic E-state index is -4.61. The van der Waals surface area contributed by atoms with Crippen LogP contribution in [0.25, 0.3) is 0 Å². The first-order valence-electron chi connectivity index (χ1n) is 5.76.